The minimum Gasteiger partial charge on any atom is -0.337 e. The number of aryl methyl sites for hydroxylation is 1. The van der Waals surface area contributed by atoms with Crippen LogP contribution in [0.2, 0.25) is 0 Å². The maximum absolute atomic E-state index is 9.31. The molecular formula is C15H18N4. The fraction of sp³-hybridized carbons (Fsp3) is 0.333. The van der Waals surface area contributed by atoms with Crippen LogP contribution in [-0.4, -0.2) is 28.0 Å². The fourth-order valence-electron chi connectivity index (χ4n) is 2.07. The number of imidazole rings is 1. The van der Waals surface area contributed by atoms with Crippen molar-refractivity contribution in [3.63, 3.8) is 0 Å². The van der Waals surface area contributed by atoms with Crippen molar-refractivity contribution in [1.82, 2.24) is 14.5 Å². The van der Waals surface area contributed by atoms with Crippen molar-refractivity contribution in [2.45, 2.75) is 12.5 Å². The van der Waals surface area contributed by atoms with Gasteiger partial charge in [0.15, 0.2) is 0 Å². The fourth-order valence-corrected chi connectivity index (χ4v) is 2.07. The molecule has 0 saturated heterocycles. The molecule has 19 heavy (non-hydrogen) atoms. The van der Waals surface area contributed by atoms with E-state index in [0.717, 1.165) is 17.9 Å². The molecule has 0 radical (unpaired) electrons. The molecule has 1 aromatic carbocycles. The molecule has 2 rings (SSSR count). The van der Waals surface area contributed by atoms with Gasteiger partial charge in [0.05, 0.1) is 18.5 Å². The van der Waals surface area contributed by atoms with Crippen LogP contribution in [0.4, 0.5) is 0 Å². The van der Waals surface area contributed by atoms with Crippen LogP contribution < -0.4 is 0 Å². The molecule has 0 aliphatic heterocycles. The number of rotatable bonds is 5. The van der Waals surface area contributed by atoms with Gasteiger partial charge in [0.1, 0.15) is 5.82 Å². The van der Waals surface area contributed by atoms with Crippen LogP contribution in [0, 0.1) is 11.3 Å². The Bertz CT molecular complexity index is 553. The van der Waals surface area contributed by atoms with Gasteiger partial charge in [-0.05, 0) is 12.6 Å². The first-order valence-electron chi connectivity index (χ1n) is 6.30. The molecule has 0 aliphatic carbocycles. The van der Waals surface area contributed by atoms with Gasteiger partial charge in [-0.15, -0.1) is 0 Å². The molecule has 1 unspecified atom stereocenters. The van der Waals surface area contributed by atoms with Gasteiger partial charge in [-0.25, -0.2) is 4.98 Å². The monoisotopic (exact) mass is 254 g/mol. The van der Waals surface area contributed by atoms with E-state index in [1.807, 2.05) is 55.2 Å². The van der Waals surface area contributed by atoms with E-state index in [-0.39, 0.29) is 5.92 Å². The van der Waals surface area contributed by atoms with Crippen molar-refractivity contribution in [3.8, 4) is 6.07 Å². The molecular weight excluding hydrogens is 236 g/mol. The Morgan fingerprint density at radius 3 is 2.68 bits per heavy atom. The summed E-state index contributed by atoms with van der Waals surface area (Å²) in [5.41, 5.74) is 1.07. The number of aromatic nitrogens is 2. The van der Waals surface area contributed by atoms with Crippen LogP contribution in [0.1, 0.15) is 17.3 Å². The molecule has 4 heteroatoms. The molecule has 0 amide bonds. The highest BCUT2D eigenvalue weighted by molar-refractivity contribution is 5.25. The topological polar surface area (TPSA) is 44.9 Å². The molecule has 4 nitrogen and oxygen atoms in total. The summed E-state index contributed by atoms with van der Waals surface area (Å²) in [6, 6.07) is 12.3. The molecule has 0 spiro atoms. The van der Waals surface area contributed by atoms with Crippen molar-refractivity contribution in [2.24, 2.45) is 7.05 Å². The van der Waals surface area contributed by atoms with Gasteiger partial charge in [-0.1, -0.05) is 30.3 Å². The Hall–Kier alpha value is -2.12. The predicted molar refractivity (Wildman–Crippen MR) is 74.3 cm³/mol. The first-order valence-corrected chi connectivity index (χ1v) is 6.30. The number of hydrogen-bond acceptors (Lipinski definition) is 3. The van der Waals surface area contributed by atoms with Crippen LogP contribution >= 0.6 is 0 Å². The highest BCUT2D eigenvalue weighted by Gasteiger charge is 2.14. The largest absolute Gasteiger partial charge is 0.337 e. The van der Waals surface area contributed by atoms with Crippen molar-refractivity contribution in [2.75, 3.05) is 13.6 Å². The molecule has 1 aromatic heterocycles. The summed E-state index contributed by atoms with van der Waals surface area (Å²) in [6.07, 6.45) is 3.73. The van der Waals surface area contributed by atoms with Crippen LogP contribution in [0.3, 0.4) is 0 Å². The normalized spacial score (nSPS) is 12.3. The van der Waals surface area contributed by atoms with Crippen molar-refractivity contribution in [1.29, 1.82) is 5.26 Å². The maximum Gasteiger partial charge on any atom is 0.122 e. The second-order valence-corrected chi connectivity index (χ2v) is 4.74. The Balaban J connectivity index is 2.00. The first-order chi connectivity index (χ1) is 9.20. The van der Waals surface area contributed by atoms with E-state index < -0.39 is 0 Å². The summed E-state index contributed by atoms with van der Waals surface area (Å²) in [5, 5.41) is 9.31. The van der Waals surface area contributed by atoms with E-state index in [1.54, 1.807) is 6.20 Å². The zero-order valence-electron chi connectivity index (χ0n) is 11.3. The third kappa shape index (κ3) is 3.43. The number of likely N-dealkylation sites (N-methyl/N-ethyl adjacent to an activating group) is 1. The van der Waals surface area contributed by atoms with E-state index in [9.17, 15) is 5.26 Å². The second kappa shape index (κ2) is 6.17. The lowest BCUT2D eigenvalue weighted by atomic mass is 10.0. The summed E-state index contributed by atoms with van der Waals surface area (Å²) >= 11 is 0. The molecule has 98 valence electrons. The quantitative estimate of drug-likeness (QED) is 0.821. The number of nitriles is 1. The SMILES string of the molecule is CN(Cc1nccn1C)CC(C#N)c1ccccc1. The van der Waals surface area contributed by atoms with Gasteiger partial charge in [-0.2, -0.15) is 5.26 Å². The van der Waals surface area contributed by atoms with Crippen LogP contribution in [0.15, 0.2) is 42.7 Å². The van der Waals surface area contributed by atoms with Gasteiger partial charge in [-0.3, -0.25) is 4.90 Å². The molecule has 0 aliphatic rings. The molecule has 2 aromatic rings. The van der Waals surface area contributed by atoms with E-state index in [1.165, 1.54) is 0 Å². The van der Waals surface area contributed by atoms with Gasteiger partial charge < -0.3 is 4.57 Å². The zero-order chi connectivity index (χ0) is 13.7. The van der Waals surface area contributed by atoms with Gasteiger partial charge in [0.25, 0.3) is 0 Å². The highest BCUT2D eigenvalue weighted by atomic mass is 15.1. The van der Waals surface area contributed by atoms with Gasteiger partial charge in [0.2, 0.25) is 0 Å². The Kier molecular flexibility index (Phi) is 4.32. The van der Waals surface area contributed by atoms with Crippen molar-refractivity contribution >= 4 is 0 Å². The van der Waals surface area contributed by atoms with E-state index in [0.29, 0.717) is 6.54 Å². The average molecular weight is 254 g/mol. The lowest BCUT2D eigenvalue weighted by Gasteiger charge is -2.19. The Morgan fingerprint density at radius 1 is 1.37 bits per heavy atom. The summed E-state index contributed by atoms with van der Waals surface area (Å²) in [4.78, 5) is 6.43. The third-order valence-electron chi connectivity index (χ3n) is 3.18. The van der Waals surface area contributed by atoms with Crippen molar-refractivity contribution in [3.05, 3.63) is 54.1 Å². The molecule has 1 heterocycles. The second-order valence-electron chi connectivity index (χ2n) is 4.74. The summed E-state index contributed by atoms with van der Waals surface area (Å²) in [5.74, 6) is 0.902. The smallest absolute Gasteiger partial charge is 0.122 e. The number of benzene rings is 1. The minimum absolute atomic E-state index is 0.105. The molecule has 0 N–H and O–H groups in total. The number of nitrogens with zero attached hydrogens (tertiary/aromatic N) is 4. The van der Waals surface area contributed by atoms with Crippen LogP contribution in [0.25, 0.3) is 0 Å². The van der Waals surface area contributed by atoms with Crippen LogP contribution in [0.5, 0.6) is 0 Å². The van der Waals surface area contributed by atoms with E-state index in [2.05, 4.69) is 16.0 Å². The average Bonchev–Trinajstić information content (AvgIpc) is 2.82. The summed E-state index contributed by atoms with van der Waals surface area (Å²) in [7, 11) is 4.00. The van der Waals surface area contributed by atoms with E-state index in [4.69, 9.17) is 0 Å². The standard InChI is InChI=1S/C15H18N4/c1-18(12-15-17-8-9-19(15)2)11-14(10-16)13-6-4-3-5-7-13/h3-9,14H,11-12H2,1-2H3. The lowest BCUT2D eigenvalue weighted by molar-refractivity contribution is 0.309. The first kappa shape index (κ1) is 13.3. The van der Waals surface area contributed by atoms with E-state index >= 15 is 0 Å². The Morgan fingerprint density at radius 2 is 2.11 bits per heavy atom. The molecule has 0 saturated carbocycles. The predicted octanol–water partition coefficient (Wildman–Crippen LogP) is 2.16. The minimum atomic E-state index is -0.105. The molecule has 0 bridgehead atoms. The number of hydrogen-bond donors (Lipinski definition) is 0. The lowest BCUT2D eigenvalue weighted by Crippen LogP contribution is -2.25. The molecule has 0 fully saturated rings. The highest BCUT2D eigenvalue weighted by Crippen LogP contribution is 2.16. The van der Waals surface area contributed by atoms with Gasteiger partial charge >= 0.3 is 0 Å². The summed E-state index contributed by atoms with van der Waals surface area (Å²) < 4.78 is 2.00. The van der Waals surface area contributed by atoms with Crippen molar-refractivity contribution < 1.29 is 0 Å². The van der Waals surface area contributed by atoms with Crippen LogP contribution in [-0.2, 0) is 13.6 Å². The van der Waals surface area contributed by atoms with Gasteiger partial charge in [0, 0.05) is 26.0 Å². The zero-order valence-corrected chi connectivity index (χ0v) is 11.3. The summed E-state index contributed by atoms with van der Waals surface area (Å²) in [6.45, 7) is 1.45. The Labute approximate surface area is 113 Å². The molecule has 1 atom stereocenters. The maximum atomic E-state index is 9.31. The third-order valence-corrected chi connectivity index (χ3v) is 3.18.